The first-order chi connectivity index (χ1) is 11.6. The van der Waals surface area contributed by atoms with E-state index in [1.165, 1.54) is 0 Å². The van der Waals surface area contributed by atoms with Crippen molar-refractivity contribution < 1.29 is 14.6 Å². The molecule has 2 aromatic carbocycles. The molecule has 0 saturated carbocycles. The zero-order valence-corrected chi connectivity index (χ0v) is 13.9. The zero-order valence-electron chi connectivity index (χ0n) is 13.9. The van der Waals surface area contributed by atoms with Gasteiger partial charge in [0, 0.05) is 32.6 Å². The summed E-state index contributed by atoms with van der Waals surface area (Å²) in [6.07, 6.45) is 1.10. The largest absolute Gasteiger partial charge is 0.388 e. The average molecular weight is 328 g/mol. The molecular weight excluding hydrogens is 304 g/mol. The molecule has 5 nitrogen and oxygen atoms in total. The maximum absolute atomic E-state index is 12.2. The first-order valence-corrected chi connectivity index (χ1v) is 8.40. The average Bonchev–Trinajstić information content (AvgIpc) is 2.60. The fraction of sp³-hybridized carbons (Fsp3) is 0.421. The molecule has 128 valence electrons. The molecule has 1 aliphatic heterocycles. The van der Waals surface area contributed by atoms with Crippen molar-refractivity contribution in [1.82, 2.24) is 10.6 Å². The standard InChI is InChI=1S/C19H24N2O3/c1-14(16-8-4-6-15-5-2-3-7-17(15)16)21-18(22)20-13-19(23)9-11-24-12-10-19/h2-8,14,23H,9-13H2,1H3,(H2,20,21,22). The molecule has 5 heteroatoms. The van der Waals surface area contributed by atoms with Crippen LogP contribution in [0, 0.1) is 0 Å². The molecule has 1 heterocycles. The summed E-state index contributed by atoms with van der Waals surface area (Å²) in [6.45, 7) is 3.27. The minimum absolute atomic E-state index is 0.125. The zero-order chi connectivity index (χ0) is 17.0. The third-order valence-electron chi connectivity index (χ3n) is 4.64. The lowest BCUT2D eigenvalue weighted by atomic mass is 9.94. The van der Waals surface area contributed by atoms with Crippen LogP contribution >= 0.6 is 0 Å². The van der Waals surface area contributed by atoms with Crippen LogP contribution in [0.25, 0.3) is 10.8 Å². The van der Waals surface area contributed by atoms with Crippen molar-refractivity contribution in [2.75, 3.05) is 19.8 Å². The van der Waals surface area contributed by atoms with Crippen molar-refractivity contribution in [3.05, 3.63) is 48.0 Å². The highest BCUT2D eigenvalue weighted by atomic mass is 16.5. The molecule has 1 saturated heterocycles. The van der Waals surface area contributed by atoms with Crippen molar-refractivity contribution in [2.24, 2.45) is 0 Å². The second kappa shape index (κ2) is 7.20. The maximum atomic E-state index is 12.2. The molecule has 2 amide bonds. The molecule has 0 aliphatic carbocycles. The van der Waals surface area contributed by atoms with Gasteiger partial charge in [0.25, 0.3) is 0 Å². The molecule has 0 spiro atoms. The fourth-order valence-corrected chi connectivity index (χ4v) is 3.13. The van der Waals surface area contributed by atoms with E-state index in [9.17, 15) is 9.90 Å². The van der Waals surface area contributed by atoms with Gasteiger partial charge in [-0.15, -0.1) is 0 Å². The van der Waals surface area contributed by atoms with Gasteiger partial charge in [-0.25, -0.2) is 4.79 Å². The Hall–Kier alpha value is -2.11. The van der Waals surface area contributed by atoms with Gasteiger partial charge in [-0.05, 0) is 23.3 Å². The summed E-state index contributed by atoms with van der Waals surface area (Å²) in [5.41, 5.74) is 0.214. The number of ether oxygens (including phenoxy) is 1. The maximum Gasteiger partial charge on any atom is 0.315 e. The number of carbonyl (C=O) groups excluding carboxylic acids is 1. The molecule has 1 aliphatic rings. The summed E-state index contributed by atoms with van der Waals surface area (Å²) in [6, 6.07) is 13.8. The number of benzene rings is 2. The highest BCUT2D eigenvalue weighted by Crippen LogP contribution is 2.24. The molecule has 3 N–H and O–H groups in total. The van der Waals surface area contributed by atoms with Crippen molar-refractivity contribution in [3.8, 4) is 0 Å². The summed E-state index contributed by atoms with van der Waals surface area (Å²) < 4.78 is 5.25. The molecule has 0 radical (unpaired) electrons. The summed E-state index contributed by atoms with van der Waals surface area (Å²) in [5, 5.41) is 18.4. The van der Waals surface area contributed by atoms with E-state index in [1.54, 1.807) is 0 Å². The highest BCUT2D eigenvalue weighted by molar-refractivity contribution is 5.86. The van der Waals surface area contributed by atoms with Gasteiger partial charge < -0.3 is 20.5 Å². The number of carbonyl (C=O) groups is 1. The molecule has 0 aromatic heterocycles. The Morgan fingerprint density at radius 3 is 2.71 bits per heavy atom. The normalized spacial score (nSPS) is 18.1. The van der Waals surface area contributed by atoms with Crippen LogP contribution in [0.3, 0.4) is 0 Å². The Labute approximate surface area is 142 Å². The van der Waals surface area contributed by atoms with Gasteiger partial charge in [0.1, 0.15) is 0 Å². The van der Waals surface area contributed by atoms with Crippen molar-refractivity contribution >= 4 is 16.8 Å². The van der Waals surface area contributed by atoms with Crippen LogP contribution in [0.1, 0.15) is 31.4 Å². The fourth-order valence-electron chi connectivity index (χ4n) is 3.13. The van der Waals surface area contributed by atoms with E-state index in [-0.39, 0.29) is 18.6 Å². The molecule has 3 rings (SSSR count). The Morgan fingerprint density at radius 2 is 1.92 bits per heavy atom. The highest BCUT2D eigenvalue weighted by Gasteiger charge is 2.30. The molecule has 2 aromatic rings. The molecule has 1 unspecified atom stereocenters. The summed E-state index contributed by atoms with van der Waals surface area (Å²) in [4.78, 5) is 12.2. The predicted molar refractivity (Wildman–Crippen MR) is 93.9 cm³/mol. The van der Waals surface area contributed by atoms with Gasteiger partial charge in [0.15, 0.2) is 0 Å². The van der Waals surface area contributed by atoms with E-state index in [1.807, 2.05) is 31.2 Å². The smallest absolute Gasteiger partial charge is 0.315 e. The molecule has 24 heavy (non-hydrogen) atoms. The minimum atomic E-state index is -0.863. The van der Waals surface area contributed by atoms with Crippen LogP contribution in [-0.2, 0) is 4.74 Å². The number of aliphatic hydroxyl groups is 1. The Bertz CT molecular complexity index is 705. The minimum Gasteiger partial charge on any atom is -0.388 e. The summed E-state index contributed by atoms with van der Waals surface area (Å²) in [7, 11) is 0. The van der Waals surface area contributed by atoms with Crippen LogP contribution in [0.5, 0.6) is 0 Å². The number of urea groups is 1. The van der Waals surface area contributed by atoms with Crippen LogP contribution in [-0.4, -0.2) is 36.5 Å². The van der Waals surface area contributed by atoms with Crippen molar-refractivity contribution in [2.45, 2.75) is 31.4 Å². The Kier molecular flexibility index (Phi) is 5.02. The van der Waals surface area contributed by atoms with Crippen LogP contribution < -0.4 is 10.6 Å². The molecular formula is C19H24N2O3. The summed E-state index contributed by atoms with van der Waals surface area (Å²) in [5.74, 6) is 0. The number of rotatable bonds is 4. The molecule has 0 bridgehead atoms. The van der Waals surface area contributed by atoms with Gasteiger partial charge >= 0.3 is 6.03 Å². The topological polar surface area (TPSA) is 70.6 Å². The SMILES string of the molecule is CC(NC(=O)NCC1(O)CCOCC1)c1cccc2ccccc12. The van der Waals surface area contributed by atoms with Crippen molar-refractivity contribution in [1.29, 1.82) is 0 Å². The van der Waals surface area contributed by atoms with Crippen LogP contribution in [0.4, 0.5) is 4.79 Å². The van der Waals surface area contributed by atoms with E-state index < -0.39 is 5.60 Å². The van der Waals surface area contributed by atoms with E-state index in [0.717, 1.165) is 16.3 Å². The van der Waals surface area contributed by atoms with E-state index in [0.29, 0.717) is 26.1 Å². The van der Waals surface area contributed by atoms with E-state index >= 15 is 0 Å². The Balaban J connectivity index is 1.61. The second-order valence-electron chi connectivity index (χ2n) is 6.45. The number of fused-ring (bicyclic) bond motifs is 1. The molecule has 1 fully saturated rings. The van der Waals surface area contributed by atoms with E-state index in [2.05, 4.69) is 28.8 Å². The number of nitrogens with one attached hydrogen (secondary N) is 2. The van der Waals surface area contributed by atoms with Gasteiger partial charge in [0.05, 0.1) is 11.6 Å². The monoisotopic (exact) mass is 328 g/mol. The lowest BCUT2D eigenvalue weighted by Crippen LogP contribution is -2.49. The van der Waals surface area contributed by atoms with Crippen LogP contribution in [0.2, 0.25) is 0 Å². The number of amides is 2. The number of hydrogen-bond donors (Lipinski definition) is 3. The van der Waals surface area contributed by atoms with Gasteiger partial charge in [-0.1, -0.05) is 42.5 Å². The third-order valence-corrected chi connectivity index (χ3v) is 4.64. The van der Waals surface area contributed by atoms with Crippen molar-refractivity contribution in [3.63, 3.8) is 0 Å². The number of hydrogen-bond acceptors (Lipinski definition) is 3. The van der Waals surface area contributed by atoms with Gasteiger partial charge in [-0.2, -0.15) is 0 Å². The molecule has 1 atom stereocenters. The van der Waals surface area contributed by atoms with E-state index in [4.69, 9.17) is 4.74 Å². The van der Waals surface area contributed by atoms with Gasteiger partial charge in [0.2, 0.25) is 0 Å². The Morgan fingerprint density at radius 1 is 1.21 bits per heavy atom. The first kappa shape index (κ1) is 16.7. The first-order valence-electron chi connectivity index (χ1n) is 8.40. The lowest BCUT2D eigenvalue weighted by Gasteiger charge is -2.32. The van der Waals surface area contributed by atoms with Crippen LogP contribution in [0.15, 0.2) is 42.5 Å². The third kappa shape index (κ3) is 3.86. The van der Waals surface area contributed by atoms with Gasteiger partial charge in [-0.3, -0.25) is 0 Å². The second-order valence-corrected chi connectivity index (χ2v) is 6.45. The quantitative estimate of drug-likeness (QED) is 0.808. The summed E-state index contributed by atoms with van der Waals surface area (Å²) >= 11 is 0. The predicted octanol–water partition coefficient (Wildman–Crippen LogP) is 2.74. The lowest BCUT2D eigenvalue weighted by molar-refractivity contribution is -0.0600.